The second-order valence-electron chi connectivity index (χ2n) is 18.5. The Morgan fingerprint density at radius 3 is 2.48 bits per heavy atom. The molecule has 2 fully saturated rings. The van der Waals surface area contributed by atoms with Crippen LogP contribution in [0.2, 0.25) is 5.02 Å². The van der Waals surface area contributed by atoms with Gasteiger partial charge >= 0.3 is 0 Å². The molecule has 342 valence electrons. The molecular weight excluding hydrogens is 871 g/mol. The summed E-state index contributed by atoms with van der Waals surface area (Å²) in [6.07, 6.45) is 6.78. The van der Waals surface area contributed by atoms with Crippen LogP contribution in [0.25, 0.3) is 16.6 Å². The number of anilines is 4. The van der Waals surface area contributed by atoms with Gasteiger partial charge in [-0.05, 0) is 103 Å². The van der Waals surface area contributed by atoms with Crippen molar-refractivity contribution in [2.75, 3.05) is 74.1 Å². The maximum Gasteiger partial charge on any atom is 0.293 e. The molecule has 14 nitrogen and oxygen atoms in total. The minimum Gasteiger partial charge on any atom is -0.381 e. The molecule has 1 amide bonds. The normalized spacial score (nSPS) is 19.0. The van der Waals surface area contributed by atoms with E-state index in [0.29, 0.717) is 12.2 Å². The smallest absolute Gasteiger partial charge is 0.293 e. The van der Waals surface area contributed by atoms with Gasteiger partial charge in [0.15, 0.2) is 0 Å². The Morgan fingerprint density at radius 1 is 0.954 bits per heavy atom. The highest BCUT2D eigenvalue weighted by Gasteiger charge is 2.35. The van der Waals surface area contributed by atoms with Crippen molar-refractivity contribution >= 4 is 72.6 Å². The van der Waals surface area contributed by atoms with Crippen LogP contribution < -0.4 is 19.8 Å². The van der Waals surface area contributed by atoms with Gasteiger partial charge in [0, 0.05) is 100 Å². The third-order valence-corrected chi connectivity index (χ3v) is 15.0. The number of aromatic amines is 1. The number of nitrogens with one attached hydrogen (secondary N) is 3. The number of carbonyl (C=O) groups excluding carboxylic acids is 1. The van der Waals surface area contributed by atoms with E-state index in [1.165, 1.54) is 28.8 Å². The quantitative estimate of drug-likeness (QED) is 0.0808. The van der Waals surface area contributed by atoms with Gasteiger partial charge in [0.1, 0.15) is 17.0 Å². The third kappa shape index (κ3) is 9.72. The van der Waals surface area contributed by atoms with Crippen LogP contribution in [-0.2, 0) is 21.2 Å². The van der Waals surface area contributed by atoms with Crippen LogP contribution in [0.3, 0.4) is 0 Å². The van der Waals surface area contributed by atoms with Crippen LogP contribution >= 0.6 is 11.6 Å². The van der Waals surface area contributed by atoms with E-state index < -0.39 is 37.1 Å². The number of hydrogen-bond donors (Lipinski definition) is 3. The number of pyridine rings is 1. The van der Waals surface area contributed by atoms with Gasteiger partial charge in [0.05, 0.1) is 32.5 Å². The Balaban J connectivity index is 0.976. The zero-order chi connectivity index (χ0) is 45.5. The van der Waals surface area contributed by atoms with Gasteiger partial charge in [0.2, 0.25) is 0 Å². The van der Waals surface area contributed by atoms with Crippen molar-refractivity contribution in [2.45, 2.75) is 69.4 Å². The third-order valence-electron chi connectivity index (χ3n) is 13.4. The van der Waals surface area contributed by atoms with Gasteiger partial charge in [-0.3, -0.25) is 19.8 Å². The Hall–Kier alpha value is -5.55. The van der Waals surface area contributed by atoms with Crippen molar-refractivity contribution in [3.05, 3.63) is 117 Å². The summed E-state index contributed by atoms with van der Waals surface area (Å²) in [5.41, 5.74) is 6.13. The molecule has 0 radical (unpaired) electrons. The standard InChI is InChI=1S/C48H54ClFN8O6S/c1-47(2)15-13-34(39(29-47)32-5-7-35(49)8-6-32)30-55-20-22-56(23-21-55)36-9-11-38(42(27-36)57-19-3-4-41-43(57)26-33-14-18-51-45(33)53-41)46(59)54-65(62,63)37-10-12-40(44(28-37)58(60)61)52-31-48(50)16-24-64-25-17-48/h5-12,14,18,26-28,52H,3-4,13,15-17,19-25,29-31H2,1-2H3,(H,51,53)(H,54,59). The van der Waals surface area contributed by atoms with Crippen molar-refractivity contribution in [1.82, 2.24) is 19.6 Å². The highest BCUT2D eigenvalue weighted by Crippen LogP contribution is 2.44. The second kappa shape index (κ2) is 18.0. The predicted octanol–water partition coefficient (Wildman–Crippen LogP) is 9.04. The van der Waals surface area contributed by atoms with Crippen molar-refractivity contribution in [1.29, 1.82) is 0 Å². The highest BCUT2D eigenvalue weighted by molar-refractivity contribution is 7.90. The van der Waals surface area contributed by atoms with Crippen LogP contribution in [0.1, 0.15) is 74.0 Å². The maximum absolute atomic E-state index is 15.3. The molecule has 4 aliphatic rings. The number of hydrogen-bond acceptors (Lipinski definition) is 11. The van der Waals surface area contributed by atoms with Gasteiger partial charge in [-0.15, -0.1) is 0 Å². The average Bonchev–Trinajstić information content (AvgIpc) is 3.76. The molecular formula is C48H54ClFN8O6S. The van der Waals surface area contributed by atoms with Crippen LogP contribution in [-0.4, -0.2) is 98.8 Å². The summed E-state index contributed by atoms with van der Waals surface area (Å²) in [6, 6.07) is 20.9. The van der Waals surface area contributed by atoms with Crippen LogP contribution in [0, 0.1) is 15.5 Å². The number of aromatic nitrogens is 2. The molecule has 9 rings (SSSR count). The van der Waals surface area contributed by atoms with Crippen molar-refractivity contribution < 1.29 is 27.3 Å². The van der Waals surface area contributed by atoms with E-state index in [1.54, 1.807) is 6.07 Å². The first-order chi connectivity index (χ1) is 31.1. The van der Waals surface area contributed by atoms with E-state index in [9.17, 15) is 23.3 Å². The van der Waals surface area contributed by atoms with Crippen LogP contribution in [0.4, 0.5) is 32.8 Å². The first-order valence-electron chi connectivity index (χ1n) is 22.3. The first kappa shape index (κ1) is 44.6. The summed E-state index contributed by atoms with van der Waals surface area (Å²) >= 11 is 6.26. The Kier molecular flexibility index (Phi) is 12.4. The average molecular weight is 926 g/mol. The van der Waals surface area contributed by atoms with E-state index in [-0.39, 0.29) is 49.3 Å². The minimum atomic E-state index is -4.62. The molecule has 0 bridgehead atoms. The summed E-state index contributed by atoms with van der Waals surface area (Å²) in [5, 5.41) is 16.6. The first-order valence-corrected chi connectivity index (χ1v) is 24.2. The molecule has 0 unspecified atom stereocenters. The summed E-state index contributed by atoms with van der Waals surface area (Å²) in [5.74, 6) is -0.886. The lowest BCUT2D eigenvalue weighted by atomic mass is 9.72. The SMILES string of the molecule is CC1(C)CCC(CN2CCN(c3ccc(C(=O)NS(=O)(=O)c4ccc(NCC5(F)CCOCC5)c([N+](=O)[O-])c4)c(N4CCCc5nc6[nH]ccc6cc54)c3)CC2)=C(c2ccc(Cl)cc2)C1. The van der Waals surface area contributed by atoms with E-state index in [0.717, 1.165) is 104 Å². The molecule has 65 heavy (non-hydrogen) atoms. The molecule has 0 atom stereocenters. The highest BCUT2D eigenvalue weighted by atomic mass is 35.5. The molecule has 2 saturated heterocycles. The van der Waals surface area contributed by atoms with Crippen molar-refractivity contribution in [2.24, 2.45) is 5.41 Å². The summed E-state index contributed by atoms with van der Waals surface area (Å²) in [4.78, 5) is 40.2. The number of sulfonamides is 1. The molecule has 5 aromatic rings. The molecule has 3 aliphatic heterocycles. The largest absolute Gasteiger partial charge is 0.381 e. The van der Waals surface area contributed by atoms with Gasteiger partial charge in [-0.2, -0.15) is 0 Å². The Bertz CT molecular complexity index is 2770. The second-order valence-corrected chi connectivity index (χ2v) is 20.6. The number of ether oxygens (including phenoxy) is 1. The number of nitro benzene ring substituents is 1. The van der Waals surface area contributed by atoms with Crippen molar-refractivity contribution in [3.8, 4) is 0 Å². The number of fused-ring (bicyclic) bond motifs is 2. The molecule has 0 spiro atoms. The fraction of sp³-hybridized carbons (Fsp3) is 0.417. The maximum atomic E-state index is 15.3. The zero-order valence-electron chi connectivity index (χ0n) is 36.7. The lowest BCUT2D eigenvalue weighted by molar-refractivity contribution is -0.384. The molecule has 17 heteroatoms. The summed E-state index contributed by atoms with van der Waals surface area (Å²) in [6.45, 7) is 9.57. The summed E-state index contributed by atoms with van der Waals surface area (Å²) < 4.78 is 50.6. The number of alkyl halides is 1. The van der Waals surface area contributed by atoms with Crippen LogP contribution in [0.15, 0.2) is 89.5 Å². The molecule has 0 saturated carbocycles. The molecule has 2 aromatic heterocycles. The number of H-pyrrole nitrogens is 1. The number of benzene rings is 3. The van der Waals surface area contributed by atoms with E-state index in [1.807, 2.05) is 47.5 Å². The van der Waals surface area contributed by atoms with Gasteiger partial charge in [0.25, 0.3) is 21.6 Å². The number of halogens is 2. The van der Waals surface area contributed by atoms with Gasteiger partial charge < -0.3 is 24.8 Å². The predicted molar refractivity (Wildman–Crippen MR) is 253 cm³/mol. The number of carbonyl (C=O) groups is 1. The molecule has 3 aromatic carbocycles. The fourth-order valence-electron chi connectivity index (χ4n) is 9.61. The number of nitrogens with zero attached hydrogens (tertiary/aromatic N) is 5. The lowest BCUT2D eigenvalue weighted by Gasteiger charge is -2.40. The number of aryl methyl sites for hydroxylation is 1. The van der Waals surface area contributed by atoms with E-state index >= 15 is 4.39 Å². The van der Waals surface area contributed by atoms with Crippen molar-refractivity contribution in [3.63, 3.8) is 0 Å². The van der Waals surface area contributed by atoms with E-state index in [2.05, 4.69) is 50.8 Å². The Morgan fingerprint density at radius 2 is 1.72 bits per heavy atom. The van der Waals surface area contributed by atoms with Crippen LogP contribution in [0.5, 0.6) is 0 Å². The topological polar surface area (TPSA) is 166 Å². The number of piperazine rings is 1. The monoisotopic (exact) mass is 924 g/mol. The Labute approximate surface area is 383 Å². The fourth-order valence-corrected chi connectivity index (χ4v) is 10.7. The molecule has 3 N–H and O–H groups in total. The summed E-state index contributed by atoms with van der Waals surface area (Å²) in [7, 11) is -4.62. The number of nitro groups is 1. The zero-order valence-corrected chi connectivity index (χ0v) is 38.2. The van der Waals surface area contributed by atoms with Gasteiger partial charge in [-0.1, -0.05) is 43.2 Å². The number of allylic oxidation sites excluding steroid dienone is 1. The van der Waals surface area contributed by atoms with E-state index in [4.69, 9.17) is 21.3 Å². The number of rotatable bonds is 12. The minimum absolute atomic E-state index is 0.0331. The molecule has 5 heterocycles. The van der Waals surface area contributed by atoms with Gasteiger partial charge in [-0.25, -0.2) is 22.5 Å². The number of amides is 1. The lowest BCUT2D eigenvalue weighted by Crippen LogP contribution is -2.47. The molecule has 1 aliphatic carbocycles.